The topological polar surface area (TPSA) is 107 Å². The van der Waals surface area contributed by atoms with Crippen LogP contribution in [0.15, 0.2) is 0 Å². The fourth-order valence-electron chi connectivity index (χ4n) is 3.77. The second kappa shape index (κ2) is 8.49. The third-order valence-corrected chi connectivity index (χ3v) is 5.90. The largest absolute Gasteiger partial charge is 0.464 e. The van der Waals surface area contributed by atoms with Gasteiger partial charge >= 0.3 is 11.9 Å². The second-order valence-corrected chi connectivity index (χ2v) is 8.95. The zero-order valence-corrected chi connectivity index (χ0v) is 15.6. The summed E-state index contributed by atoms with van der Waals surface area (Å²) in [6, 6.07) is 0. The molecule has 0 spiro atoms. The highest BCUT2D eigenvalue weighted by Gasteiger charge is 2.41. The van der Waals surface area contributed by atoms with E-state index in [9.17, 15) is 18.0 Å². The molecular formula is C17H28O7S. The second-order valence-electron chi connectivity index (χ2n) is 7.38. The SMILES string of the molecule is CC1(OC(=O)C2CCCCC2C(=O)OCCS(=O)(=O)O)CCCCC1. The van der Waals surface area contributed by atoms with E-state index in [0.717, 1.165) is 44.9 Å². The molecule has 2 atom stereocenters. The van der Waals surface area contributed by atoms with E-state index in [1.165, 1.54) is 0 Å². The molecule has 2 rings (SSSR count). The van der Waals surface area contributed by atoms with Crippen LogP contribution in [0.1, 0.15) is 64.7 Å². The molecule has 0 amide bonds. The van der Waals surface area contributed by atoms with E-state index in [4.69, 9.17) is 14.0 Å². The van der Waals surface area contributed by atoms with Gasteiger partial charge in [0.1, 0.15) is 18.0 Å². The summed E-state index contributed by atoms with van der Waals surface area (Å²) in [6.07, 6.45) is 7.69. The zero-order chi connectivity index (χ0) is 18.5. The van der Waals surface area contributed by atoms with Crippen molar-refractivity contribution >= 4 is 22.1 Å². The van der Waals surface area contributed by atoms with Gasteiger partial charge in [-0.25, -0.2) is 0 Å². The molecule has 0 aromatic heterocycles. The Hall–Kier alpha value is -1.15. The molecule has 2 aliphatic carbocycles. The molecule has 1 N–H and O–H groups in total. The summed E-state index contributed by atoms with van der Waals surface area (Å²) >= 11 is 0. The van der Waals surface area contributed by atoms with Crippen molar-refractivity contribution in [2.24, 2.45) is 11.8 Å². The number of esters is 2. The van der Waals surface area contributed by atoms with Crippen LogP contribution < -0.4 is 0 Å². The lowest BCUT2D eigenvalue weighted by Gasteiger charge is -2.36. The first-order valence-corrected chi connectivity index (χ1v) is 10.7. The van der Waals surface area contributed by atoms with Gasteiger partial charge in [0.05, 0.1) is 11.8 Å². The third-order valence-electron chi connectivity index (χ3n) is 5.22. The molecule has 0 bridgehead atoms. The predicted molar refractivity (Wildman–Crippen MR) is 90.4 cm³/mol. The van der Waals surface area contributed by atoms with Gasteiger partial charge < -0.3 is 9.47 Å². The molecular weight excluding hydrogens is 348 g/mol. The Labute approximate surface area is 149 Å². The molecule has 2 fully saturated rings. The summed E-state index contributed by atoms with van der Waals surface area (Å²) < 4.78 is 40.9. The van der Waals surface area contributed by atoms with Gasteiger partial charge in [0, 0.05) is 0 Å². The number of rotatable bonds is 6. The Kier molecular flexibility index (Phi) is 6.85. The summed E-state index contributed by atoms with van der Waals surface area (Å²) in [5, 5.41) is 0. The maximum Gasteiger partial charge on any atom is 0.310 e. The Morgan fingerprint density at radius 2 is 1.56 bits per heavy atom. The predicted octanol–water partition coefficient (Wildman–Crippen LogP) is 2.49. The Morgan fingerprint density at radius 1 is 1.00 bits per heavy atom. The highest BCUT2D eigenvalue weighted by Crippen LogP contribution is 2.36. The van der Waals surface area contributed by atoms with Crippen LogP contribution in [0.5, 0.6) is 0 Å². The third kappa shape index (κ3) is 6.26. The van der Waals surface area contributed by atoms with Crippen LogP contribution in [0.25, 0.3) is 0 Å². The highest BCUT2D eigenvalue weighted by molar-refractivity contribution is 7.85. The van der Waals surface area contributed by atoms with Crippen molar-refractivity contribution in [3.8, 4) is 0 Å². The Bertz CT molecular complexity index is 578. The molecule has 0 saturated heterocycles. The Morgan fingerprint density at radius 3 is 2.12 bits per heavy atom. The van der Waals surface area contributed by atoms with Crippen molar-refractivity contribution in [3.63, 3.8) is 0 Å². The van der Waals surface area contributed by atoms with Gasteiger partial charge in [-0.15, -0.1) is 0 Å². The summed E-state index contributed by atoms with van der Waals surface area (Å²) in [6.45, 7) is 1.54. The van der Waals surface area contributed by atoms with Gasteiger partial charge in [-0.3, -0.25) is 14.1 Å². The molecule has 0 radical (unpaired) electrons. The van der Waals surface area contributed by atoms with E-state index in [2.05, 4.69) is 0 Å². The fraction of sp³-hybridized carbons (Fsp3) is 0.882. The highest BCUT2D eigenvalue weighted by atomic mass is 32.2. The van der Waals surface area contributed by atoms with Gasteiger partial charge in [-0.2, -0.15) is 8.42 Å². The van der Waals surface area contributed by atoms with E-state index in [1.54, 1.807) is 0 Å². The molecule has 2 saturated carbocycles. The molecule has 25 heavy (non-hydrogen) atoms. The summed E-state index contributed by atoms with van der Waals surface area (Å²) in [5.41, 5.74) is -0.452. The lowest BCUT2D eigenvalue weighted by atomic mass is 9.79. The van der Waals surface area contributed by atoms with Crippen LogP contribution in [0, 0.1) is 11.8 Å². The van der Waals surface area contributed by atoms with E-state index < -0.39 is 45.9 Å². The molecule has 0 heterocycles. The number of ether oxygens (including phenoxy) is 2. The smallest absolute Gasteiger partial charge is 0.310 e. The van der Waals surface area contributed by atoms with Gasteiger partial charge in [0.25, 0.3) is 10.1 Å². The lowest BCUT2D eigenvalue weighted by molar-refractivity contribution is -0.174. The first-order valence-electron chi connectivity index (χ1n) is 9.05. The number of carbonyl (C=O) groups excluding carboxylic acids is 2. The van der Waals surface area contributed by atoms with E-state index in [0.29, 0.717) is 12.8 Å². The minimum atomic E-state index is -4.18. The maximum atomic E-state index is 12.7. The van der Waals surface area contributed by atoms with E-state index in [-0.39, 0.29) is 5.97 Å². The van der Waals surface area contributed by atoms with Crippen molar-refractivity contribution in [1.82, 2.24) is 0 Å². The average molecular weight is 376 g/mol. The first kappa shape index (κ1) is 20.2. The van der Waals surface area contributed by atoms with Crippen LogP contribution >= 0.6 is 0 Å². The van der Waals surface area contributed by atoms with Crippen molar-refractivity contribution in [2.45, 2.75) is 70.3 Å². The van der Waals surface area contributed by atoms with Gasteiger partial charge in [0.15, 0.2) is 0 Å². The monoisotopic (exact) mass is 376 g/mol. The number of carbonyl (C=O) groups is 2. The summed E-state index contributed by atoms with van der Waals surface area (Å²) in [4.78, 5) is 24.9. The first-order chi connectivity index (χ1) is 11.7. The van der Waals surface area contributed by atoms with Crippen LogP contribution in [0.3, 0.4) is 0 Å². The van der Waals surface area contributed by atoms with Crippen molar-refractivity contribution in [3.05, 3.63) is 0 Å². The molecule has 0 aromatic rings. The molecule has 8 heteroatoms. The maximum absolute atomic E-state index is 12.7. The normalized spacial score (nSPS) is 26.6. The summed E-state index contributed by atoms with van der Waals surface area (Å²) in [7, 11) is -4.18. The van der Waals surface area contributed by atoms with E-state index in [1.807, 2.05) is 6.92 Å². The minimum absolute atomic E-state index is 0.346. The Balaban J connectivity index is 1.94. The van der Waals surface area contributed by atoms with Crippen molar-refractivity contribution in [2.75, 3.05) is 12.4 Å². The molecule has 144 valence electrons. The van der Waals surface area contributed by atoms with Gasteiger partial charge in [-0.1, -0.05) is 19.3 Å². The van der Waals surface area contributed by atoms with E-state index >= 15 is 0 Å². The van der Waals surface area contributed by atoms with Gasteiger partial charge in [-0.05, 0) is 45.4 Å². The molecule has 7 nitrogen and oxygen atoms in total. The average Bonchev–Trinajstić information content (AvgIpc) is 2.53. The standard InChI is InChI=1S/C17H28O7S/c1-17(9-5-2-6-10-17)24-16(19)14-8-4-3-7-13(14)15(18)23-11-12-25(20,21)22/h13-14H,2-12H2,1H3,(H,20,21,22). The molecule has 0 aromatic carbocycles. The van der Waals surface area contributed by atoms with Crippen LogP contribution in [-0.4, -0.2) is 42.9 Å². The van der Waals surface area contributed by atoms with Crippen LogP contribution in [0.2, 0.25) is 0 Å². The molecule has 2 aliphatic rings. The van der Waals surface area contributed by atoms with Gasteiger partial charge in [0.2, 0.25) is 0 Å². The summed E-state index contributed by atoms with van der Waals surface area (Å²) in [5.74, 6) is -2.71. The fourth-order valence-corrected chi connectivity index (χ4v) is 4.06. The lowest BCUT2D eigenvalue weighted by Crippen LogP contribution is -2.41. The van der Waals surface area contributed by atoms with Crippen molar-refractivity contribution < 1.29 is 32.0 Å². The minimum Gasteiger partial charge on any atom is -0.464 e. The number of hydrogen-bond acceptors (Lipinski definition) is 6. The molecule has 0 aliphatic heterocycles. The zero-order valence-electron chi connectivity index (χ0n) is 14.7. The van der Waals surface area contributed by atoms with Crippen LogP contribution in [0.4, 0.5) is 0 Å². The van der Waals surface area contributed by atoms with Crippen LogP contribution in [-0.2, 0) is 29.2 Å². The number of hydrogen-bond donors (Lipinski definition) is 1. The quantitative estimate of drug-likeness (QED) is 0.560. The molecule has 2 unspecified atom stereocenters. The van der Waals surface area contributed by atoms with Crippen molar-refractivity contribution in [1.29, 1.82) is 0 Å².